The van der Waals surface area contributed by atoms with Crippen molar-refractivity contribution >= 4 is 50.4 Å². The third-order valence-corrected chi connectivity index (χ3v) is 4.70. The number of aryl methyl sites for hydroxylation is 1. The van der Waals surface area contributed by atoms with Crippen LogP contribution >= 0.6 is 34.4 Å². The van der Waals surface area contributed by atoms with E-state index in [4.69, 9.17) is 10.8 Å². The maximum atomic E-state index is 8.23. The normalized spacial score (nSPS) is 10.8. The summed E-state index contributed by atoms with van der Waals surface area (Å²) >= 11 is 3.37. The zero-order chi connectivity index (χ0) is 15.7. The quantitative estimate of drug-likeness (QED) is 0.274. The van der Waals surface area contributed by atoms with Crippen LogP contribution in [-0.4, -0.2) is 19.9 Å². The van der Waals surface area contributed by atoms with Crippen LogP contribution in [0, 0.1) is 21.4 Å². The van der Waals surface area contributed by atoms with Gasteiger partial charge in [-0.15, -0.1) is 0 Å². The molecule has 110 valence electrons. The Kier molecular flexibility index (Phi) is 4.25. The van der Waals surface area contributed by atoms with Gasteiger partial charge in [-0.25, -0.2) is 0 Å². The SMILES string of the molecule is Cc1cc2ncccc2cc1SC(=N)n1nc(I)ccc1=N. The van der Waals surface area contributed by atoms with Crippen molar-refractivity contribution in [1.29, 1.82) is 10.8 Å². The van der Waals surface area contributed by atoms with E-state index < -0.39 is 0 Å². The van der Waals surface area contributed by atoms with Gasteiger partial charge < -0.3 is 0 Å². The number of nitrogens with zero attached hydrogens (tertiary/aromatic N) is 3. The van der Waals surface area contributed by atoms with E-state index in [0.29, 0.717) is 0 Å². The van der Waals surface area contributed by atoms with E-state index in [1.165, 1.54) is 16.4 Å². The van der Waals surface area contributed by atoms with Crippen molar-refractivity contribution in [2.45, 2.75) is 11.8 Å². The molecule has 0 unspecified atom stereocenters. The van der Waals surface area contributed by atoms with Crippen LogP contribution in [0.3, 0.4) is 0 Å². The van der Waals surface area contributed by atoms with Gasteiger partial charge in [0.1, 0.15) is 9.19 Å². The molecule has 2 N–H and O–H groups in total. The molecule has 0 saturated heterocycles. The molecule has 0 atom stereocenters. The molecule has 7 heteroatoms. The average Bonchev–Trinajstić information content (AvgIpc) is 2.50. The van der Waals surface area contributed by atoms with Gasteiger partial charge in [0, 0.05) is 16.5 Å². The molecule has 5 nitrogen and oxygen atoms in total. The fourth-order valence-corrected chi connectivity index (χ4v) is 3.25. The van der Waals surface area contributed by atoms with Crippen LogP contribution < -0.4 is 5.49 Å². The number of hydrogen-bond acceptors (Lipinski definition) is 5. The molecule has 0 bridgehead atoms. The van der Waals surface area contributed by atoms with Crippen LogP contribution in [0.2, 0.25) is 0 Å². The number of benzene rings is 1. The molecule has 0 aliphatic carbocycles. The Morgan fingerprint density at radius 1 is 1.27 bits per heavy atom. The summed E-state index contributed by atoms with van der Waals surface area (Å²) in [5, 5.41) is 21.6. The minimum absolute atomic E-state index is 0.193. The van der Waals surface area contributed by atoms with Crippen molar-refractivity contribution in [3.05, 3.63) is 57.3 Å². The summed E-state index contributed by atoms with van der Waals surface area (Å²) < 4.78 is 2.08. The molecular formula is C15H12IN5S. The first kappa shape index (κ1) is 15.2. The van der Waals surface area contributed by atoms with Gasteiger partial charge in [0.15, 0.2) is 5.17 Å². The molecule has 0 spiro atoms. The van der Waals surface area contributed by atoms with Crippen LogP contribution in [-0.2, 0) is 0 Å². The van der Waals surface area contributed by atoms with E-state index in [0.717, 1.165) is 25.1 Å². The lowest BCUT2D eigenvalue weighted by Gasteiger charge is -2.10. The molecule has 2 heterocycles. The van der Waals surface area contributed by atoms with Gasteiger partial charge in [-0.2, -0.15) is 9.78 Å². The Hall–Kier alpha value is -1.74. The van der Waals surface area contributed by atoms with E-state index in [-0.39, 0.29) is 10.7 Å². The fourth-order valence-electron chi connectivity index (χ4n) is 2.02. The molecular weight excluding hydrogens is 409 g/mol. The third kappa shape index (κ3) is 3.05. The molecule has 3 aromatic rings. The Morgan fingerprint density at radius 2 is 2.09 bits per heavy atom. The minimum Gasteiger partial charge on any atom is -0.283 e. The number of fused-ring (bicyclic) bond motifs is 1. The second-order valence-electron chi connectivity index (χ2n) is 4.67. The Bertz CT molecular complexity index is 935. The summed E-state index contributed by atoms with van der Waals surface area (Å²) in [4.78, 5) is 5.31. The van der Waals surface area contributed by atoms with Crippen LogP contribution in [0.15, 0.2) is 47.5 Å². The summed E-state index contributed by atoms with van der Waals surface area (Å²) in [6, 6.07) is 11.3. The van der Waals surface area contributed by atoms with E-state index in [9.17, 15) is 0 Å². The number of thioether (sulfide) groups is 1. The Balaban J connectivity index is 1.99. The van der Waals surface area contributed by atoms with Gasteiger partial charge in [0.05, 0.1) is 5.52 Å². The molecule has 2 aromatic heterocycles. The molecule has 22 heavy (non-hydrogen) atoms. The number of aromatic nitrogens is 3. The number of hydrogen-bond donors (Lipinski definition) is 2. The van der Waals surface area contributed by atoms with Crippen molar-refractivity contribution in [2.24, 2.45) is 0 Å². The Labute approximate surface area is 144 Å². The monoisotopic (exact) mass is 421 g/mol. The smallest absolute Gasteiger partial charge is 0.188 e. The lowest BCUT2D eigenvalue weighted by atomic mass is 10.1. The predicted octanol–water partition coefficient (Wildman–Crippen LogP) is 3.40. The van der Waals surface area contributed by atoms with Crippen LogP contribution in [0.25, 0.3) is 10.9 Å². The van der Waals surface area contributed by atoms with Crippen LogP contribution in [0.5, 0.6) is 0 Å². The highest BCUT2D eigenvalue weighted by Gasteiger charge is 2.09. The van der Waals surface area contributed by atoms with Crippen LogP contribution in [0.4, 0.5) is 0 Å². The van der Waals surface area contributed by atoms with Crippen molar-refractivity contribution < 1.29 is 0 Å². The highest BCUT2D eigenvalue weighted by atomic mass is 127. The van der Waals surface area contributed by atoms with Gasteiger partial charge in [-0.3, -0.25) is 15.8 Å². The molecule has 3 rings (SSSR count). The minimum atomic E-state index is 0.193. The van der Waals surface area contributed by atoms with Crippen molar-refractivity contribution in [3.63, 3.8) is 0 Å². The predicted molar refractivity (Wildman–Crippen MR) is 96.3 cm³/mol. The fraction of sp³-hybridized carbons (Fsp3) is 0.0667. The number of rotatable bonds is 1. The van der Waals surface area contributed by atoms with Gasteiger partial charge >= 0.3 is 0 Å². The lowest BCUT2D eigenvalue weighted by molar-refractivity contribution is 0.807. The van der Waals surface area contributed by atoms with Crippen molar-refractivity contribution in [1.82, 2.24) is 14.8 Å². The molecule has 0 saturated carbocycles. The summed E-state index contributed by atoms with van der Waals surface area (Å²) in [6.45, 7) is 2.00. The summed E-state index contributed by atoms with van der Waals surface area (Å²) in [7, 11) is 0. The topological polar surface area (TPSA) is 78.4 Å². The van der Waals surface area contributed by atoms with Gasteiger partial charge in [0.25, 0.3) is 0 Å². The largest absolute Gasteiger partial charge is 0.283 e. The molecule has 0 fully saturated rings. The van der Waals surface area contributed by atoms with E-state index in [1.54, 1.807) is 18.3 Å². The molecule has 1 aromatic carbocycles. The van der Waals surface area contributed by atoms with Crippen LogP contribution in [0.1, 0.15) is 5.56 Å². The standard InChI is InChI=1S/C15H12IN5S/c1-9-7-11-10(3-2-6-19-11)8-12(9)22-15(18)21-14(17)5-4-13(16)20-21/h2-8,17-18H,1H3. The molecule has 0 aliphatic rings. The van der Waals surface area contributed by atoms with Crippen molar-refractivity contribution in [3.8, 4) is 0 Å². The second kappa shape index (κ2) is 6.17. The zero-order valence-electron chi connectivity index (χ0n) is 11.7. The summed E-state index contributed by atoms with van der Waals surface area (Å²) in [5.74, 6) is 0. The maximum Gasteiger partial charge on any atom is 0.188 e. The van der Waals surface area contributed by atoms with Gasteiger partial charge in [-0.1, -0.05) is 17.8 Å². The van der Waals surface area contributed by atoms with Gasteiger partial charge in [-0.05, 0) is 65.4 Å². The maximum absolute atomic E-state index is 8.23. The average molecular weight is 421 g/mol. The lowest BCUT2D eigenvalue weighted by Crippen LogP contribution is -2.27. The first-order valence-electron chi connectivity index (χ1n) is 6.47. The molecule has 0 radical (unpaired) electrons. The zero-order valence-corrected chi connectivity index (χ0v) is 14.6. The highest BCUT2D eigenvalue weighted by molar-refractivity contribution is 14.1. The van der Waals surface area contributed by atoms with E-state index >= 15 is 0 Å². The summed E-state index contributed by atoms with van der Waals surface area (Å²) in [5.41, 5.74) is 2.19. The third-order valence-electron chi connectivity index (χ3n) is 3.10. The number of halogens is 1. The second-order valence-corrected chi connectivity index (χ2v) is 6.81. The van der Waals surface area contributed by atoms with Gasteiger partial charge in [0.2, 0.25) is 0 Å². The van der Waals surface area contributed by atoms with Crippen molar-refractivity contribution in [2.75, 3.05) is 0 Å². The summed E-state index contributed by atoms with van der Waals surface area (Å²) in [6.07, 6.45) is 1.77. The first-order valence-corrected chi connectivity index (χ1v) is 8.37. The van der Waals surface area contributed by atoms with E-state index in [1.807, 2.05) is 31.2 Å². The number of nitrogens with one attached hydrogen (secondary N) is 2. The number of pyridine rings is 1. The highest BCUT2D eigenvalue weighted by Crippen LogP contribution is 2.27. The van der Waals surface area contributed by atoms with E-state index in [2.05, 4.69) is 32.7 Å². The first-order chi connectivity index (χ1) is 10.5. The Morgan fingerprint density at radius 3 is 2.91 bits per heavy atom. The molecule has 0 aliphatic heterocycles. The molecule has 0 amide bonds.